The number of nitrogens with one attached hydrogen (secondary N) is 1. The zero-order chi connectivity index (χ0) is 17.9. The average Bonchev–Trinajstić information content (AvgIpc) is 2.85. The van der Waals surface area contributed by atoms with Gasteiger partial charge in [-0.1, -0.05) is 0 Å². The van der Waals surface area contributed by atoms with Crippen LogP contribution in [0.25, 0.3) is 0 Å². The summed E-state index contributed by atoms with van der Waals surface area (Å²) >= 11 is 1.48. The van der Waals surface area contributed by atoms with Crippen molar-refractivity contribution in [2.24, 2.45) is 0 Å². The first-order chi connectivity index (χ1) is 11.1. The number of hydrogen-bond acceptors (Lipinski definition) is 6. The first-order valence-corrected chi connectivity index (χ1v) is 8.90. The number of carbonyl (C=O) groups is 2. The number of thiazole rings is 1. The van der Waals surface area contributed by atoms with Gasteiger partial charge in [-0.15, -0.1) is 11.3 Å². The van der Waals surface area contributed by atoms with Crippen LogP contribution in [0.3, 0.4) is 0 Å². The summed E-state index contributed by atoms with van der Waals surface area (Å²) in [4.78, 5) is 32.6. The second-order valence-electron chi connectivity index (χ2n) is 7.06. The van der Waals surface area contributed by atoms with Crippen LogP contribution in [0.5, 0.6) is 0 Å². The lowest BCUT2D eigenvalue weighted by Gasteiger charge is -2.39. The first kappa shape index (κ1) is 18.7. The minimum Gasteiger partial charge on any atom is -0.444 e. The zero-order valence-corrected chi connectivity index (χ0v) is 15.8. The molecule has 1 fully saturated rings. The number of aromatic nitrogens is 1. The molecule has 2 heterocycles. The van der Waals surface area contributed by atoms with Crippen molar-refractivity contribution in [3.05, 3.63) is 11.1 Å². The van der Waals surface area contributed by atoms with Crippen molar-refractivity contribution in [1.82, 2.24) is 14.8 Å². The second kappa shape index (κ2) is 7.48. The number of ether oxygens (including phenoxy) is 1. The summed E-state index contributed by atoms with van der Waals surface area (Å²) in [6.45, 7) is 12.0. The van der Waals surface area contributed by atoms with Gasteiger partial charge in [0.05, 0.1) is 0 Å². The lowest BCUT2D eigenvalue weighted by molar-refractivity contribution is -0.114. The van der Waals surface area contributed by atoms with Crippen molar-refractivity contribution < 1.29 is 14.3 Å². The van der Waals surface area contributed by atoms with Crippen LogP contribution in [-0.4, -0.2) is 58.1 Å². The van der Waals surface area contributed by atoms with Crippen LogP contribution in [0.4, 0.5) is 9.93 Å². The highest BCUT2D eigenvalue weighted by Crippen LogP contribution is 2.22. The fourth-order valence-electron chi connectivity index (χ4n) is 2.51. The Morgan fingerprint density at radius 2 is 2.12 bits per heavy atom. The van der Waals surface area contributed by atoms with Crippen LogP contribution in [0.15, 0.2) is 6.20 Å². The van der Waals surface area contributed by atoms with Gasteiger partial charge in [-0.2, -0.15) is 0 Å². The summed E-state index contributed by atoms with van der Waals surface area (Å²) < 4.78 is 5.44. The van der Waals surface area contributed by atoms with Crippen molar-refractivity contribution in [2.45, 2.75) is 52.8 Å². The third-order valence-electron chi connectivity index (χ3n) is 3.61. The Kier molecular flexibility index (Phi) is 5.82. The molecule has 1 aliphatic rings. The molecule has 1 aliphatic heterocycles. The van der Waals surface area contributed by atoms with E-state index in [1.54, 1.807) is 11.1 Å². The van der Waals surface area contributed by atoms with E-state index in [2.05, 4.69) is 22.1 Å². The van der Waals surface area contributed by atoms with Crippen molar-refractivity contribution >= 4 is 28.5 Å². The van der Waals surface area contributed by atoms with Crippen molar-refractivity contribution in [1.29, 1.82) is 0 Å². The van der Waals surface area contributed by atoms with Crippen molar-refractivity contribution in [3.8, 4) is 0 Å². The molecule has 1 aromatic rings. The van der Waals surface area contributed by atoms with Gasteiger partial charge >= 0.3 is 6.09 Å². The van der Waals surface area contributed by atoms with Gasteiger partial charge in [0.15, 0.2) is 5.13 Å². The topological polar surface area (TPSA) is 74.8 Å². The Balaban J connectivity index is 1.88. The van der Waals surface area contributed by atoms with Gasteiger partial charge in [0, 0.05) is 50.2 Å². The quantitative estimate of drug-likeness (QED) is 0.903. The maximum atomic E-state index is 12.2. The van der Waals surface area contributed by atoms with Gasteiger partial charge in [0.25, 0.3) is 0 Å². The SMILES string of the molecule is CC(=O)Nc1ncc(CN2CCN(C(=O)OC(C)(C)C)CC2C)s1. The Labute approximate surface area is 147 Å². The molecule has 0 saturated carbocycles. The second-order valence-corrected chi connectivity index (χ2v) is 8.17. The van der Waals surface area contributed by atoms with E-state index in [1.807, 2.05) is 20.8 Å². The summed E-state index contributed by atoms with van der Waals surface area (Å²) in [5.74, 6) is -0.116. The van der Waals surface area contributed by atoms with Gasteiger partial charge < -0.3 is 15.0 Å². The largest absolute Gasteiger partial charge is 0.444 e. The van der Waals surface area contributed by atoms with E-state index in [0.717, 1.165) is 18.0 Å². The highest BCUT2D eigenvalue weighted by Gasteiger charge is 2.30. The molecule has 2 amide bonds. The lowest BCUT2D eigenvalue weighted by Crippen LogP contribution is -2.53. The van der Waals surface area contributed by atoms with Crippen LogP contribution in [-0.2, 0) is 16.1 Å². The van der Waals surface area contributed by atoms with Crippen LogP contribution < -0.4 is 5.32 Å². The number of rotatable bonds is 3. The molecule has 0 spiro atoms. The monoisotopic (exact) mass is 354 g/mol. The number of nitrogens with zero attached hydrogens (tertiary/aromatic N) is 3. The normalized spacial score (nSPS) is 19.2. The Morgan fingerprint density at radius 3 is 2.71 bits per heavy atom. The molecule has 8 heteroatoms. The summed E-state index contributed by atoms with van der Waals surface area (Å²) in [6, 6.07) is 0.234. The maximum absolute atomic E-state index is 12.2. The third-order valence-corrected chi connectivity index (χ3v) is 4.51. The van der Waals surface area contributed by atoms with Gasteiger partial charge in [-0.05, 0) is 27.7 Å². The van der Waals surface area contributed by atoms with E-state index >= 15 is 0 Å². The fraction of sp³-hybridized carbons (Fsp3) is 0.688. The molecule has 1 N–H and O–H groups in total. The summed E-state index contributed by atoms with van der Waals surface area (Å²) in [5, 5.41) is 3.32. The Bertz CT molecular complexity index is 596. The number of hydrogen-bond donors (Lipinski definition) is 1. The highest BCUT2D eigenvalue weighted by atomic mass is 32.1. The standard InChI is InChI=1S/C16H26N4O3S/c1-11-9-20(15(22)23-16(3,4)5)7-6-19(11)10-13-8-17-14(24-13)18-12(2)21/h8,11H,6-7,9-10H2,1-5H3,(H,17,18,21). The van der Waals surface area contributed by atoms with E-state index in [-0.39, 0.29) is 18.0 Å². The highest BCUT2D eigenvalue weighted by molar-refractivity contribution is 7.15. The summed E-state index contributed by atoms with van der Waals surface area (Å²) in [5.41, 5.74) is -0.472. The van der Waals surface area contributed by atoms with E-state index in [4.69, 9.17) is 4.74 Å². The van der Waals surface area contributed by atoms with Gasteiger partial charge in [-0.25, -0.2) is 9.78 Å². The number of anilines is 1. The average molecular weight is 354 g/mol. The molecular formula is C16H26N4O3S. The molecule has 0 aromatic carbocycles. The maximum Gasteiger partial charge on any atom is 0.410 e. The smallest absolute Gasteiger partial charge is 0.410 e. The third kappa shape index (κ3) is 5.45. The van der Waals surface area contributed by atoms with E-state index in [9.17, 15) is 9.59 Å². The number of piperazine rings is 1. The van der Waals surface area contributed by atoms with Crippen LogP contribution in [0.2, 0.25) is 0 Å². The molecule has 2 rings (SSSR count). The van der Waals surface area contributed by atoms with E-state index in [0.29, 0.717) is 18.2 Å². The van der Waals surface area contributed by atoms with E-state index in [1.165, 1.54) is 18.3 Å². The number of carbonyl (C=O) groups excluding carboxylic acids is 2. The van der Waals surface area contributed by atoms with Crippen molar-refractivity contribution in [3.63, 3.8) is 0 Å². The number of amides is 2. The summed E-state index contributed by atoms with van der Waals surface area (Å²) in [6.07, 6.45) is 1.54. The minimum absolute atomic E-state index is 0.116. The summed E-state index contributed by atoms with van der Waals surface area (Å²) in [7, 11) is 0. The first-order valence-electron chi connectivity index (χ1n) is 8.08. The van der Waals surface area contributed by atoms with Gasteiger partial charge in [-0.3, -0.25) is 9.69 Å². The molecule has 0 radical (unpaired) electrons. The van der Waals surface area contributed by atoms with Crippen LogP contribution in [0.1, 0.15) is 39.5 Å². The van der Waals surface area contributed by atoms with Crippen molar-refractivity contribution in [2.75, 3.05) is 25.0 Å². The molecule has 1 unspecified atom stereocenters. The molecule has 1 saturated heterocycles. The molecule has 1 atom stereocenters. The molecule has 1 aromatic heterocycles. The molecule has 134 valence electrons. The molecule has 0 aliphatic carbocycles. The zero-order valence-electron chi connectivity index (χ0n) is 15.0. The van der Waals surface area contributed by atoms with Crippen LogP contribution >= 0.6 is 11.3 Å². The van der Waals surface area contributed by atoms with E-state index < -0.39 is 5.60 Å². The van der Waals surface area contributed by atoms with Crippen LogP contribution in [0, 0.1) is 0 Å². The predicted molar refractivity (Wildman–Crippen MR) is 94.1 cm³/mol. The lowest BCUT2D eigenvalue weighted by atomic mass is 10.2. The molecular weight excluding hydrogens is 328 g/mol. The Hall–Kier alpha value is -1.67. The minimum atomic E-state index is -0.472. The molecule has 7 nitrogen and oxygen atoms in total. The van der Waals surface area contributed by atoms with Gasteiger partial charge in [0.2, 0.25) is 5.91 Å². The fourth-order valence-corrected chi connectivity index (χ4v) is 3.40. The molecule has 24 heavy (non-hydrogen) atoms. The molecule has 0 bridgehead atoms. The Morgan fingerprint density at radius 1 is 1.42 bits per heavy atom. The van der Waals surface area contributed by atoms with Gasteiger partial charge in [0.1, 0.15) is 5.60 Å². The predicted octanol–water partition coefficient (Wildman–Crippen LogP) is 2.54.